The van der Waals surface area contributed by atoms with E-state index in [4.69, 9.17) is 5.11 Å². The van der Waals surface area contributed by atoms with Crippen molar-refractivity contribution in [2.45, 2.75) is 31.3 Å². The van der Waals surface area contributed by atoms with Gasteiger partial charge in [0.1, 0.15) is 11.6 Å². The lowest BCUT2D eigenvalue weighted by Gasteiger charge is -2.14. The molecule has 0 radical (unpaired) electrons. The standard InChI is InChI=1S/C12H17F2NO3S/c1-8(3-9(2)16)7-15-19(17,18)12-5-10(13)4-11(14)6-12/h4-6,8-9,15-16H,3,7H2,1-2H3. The summed E-state index contributed by atoms with van der Waals surface area (Å²) in [7, 11) is -3.95. The first kappa shape index (κ1) is 16.0. The predicted octanol–water partition coefficient (Wildman–Crippen LogP) is 1.65. The molecule has 0 spiro atoms. The third-order valence-corrected chi connectivity index (χ3v) is 3.91. The molecule has 7 heteroatoms. The van der Waals surface area contributed by atoms with Crippen molar-refractivity contribution in [1.82, 2.24) is 4.72 Å². The second-order valence-electron chi connectivity index (χ2n) is 4.65. The van der Waals surface area contributed by atoms with Gasteiger partial charge in [0.25, 0.3) is 0 Å². The number of sulfonamides is 1. The fourth-order valence-electron chi connectivity index (χ4n) is 1.68. The van der Waals surface area contributed by atoms with Gasteiger partial charge in [0.2, 0.25) is 10.0 Å². The minimum absolute atomic E-state index is 0.0887. The largest absolute Gasteiger partial charge is 0.393 e. The summed E-state index contributed by atoms with van der Waals surface area (Å²) < 4.78 is 51.8. The highest BCUT2D eigenvalue weighted by molar-refractivity contribution is 7.89. The van der Waals surface area contributed by atoms with Crippen LogP contribution in [0.15, 0.2) is 23.1 Å². The van der Waals surface area contributed by atoms with Gasteiger partial charge in [0.05, 0.1) is 11.0 Å². The molecule has 2 N–H and O–H groups in total. The van der Waals surface area contributed by atoms with Crippen molar-refractivity contribution in [3.63, 3.8) is 0 Å². The van der Waals surface area contributed by atoms with Crippen LogP contribution in [-0.4, -0.2) is 26.2 Å². The van der Waals surface area contributed by atoms with Crippen LogP contribution in [0.3, 0.4) is 0 Å². The van der Waals surface area contributed by atoms with Crippen molar-refractivity contribution in [3.05, 3.63) is 29.8 Å². The topological polar surface area (TPSA) is 66.4 Å². The van der Waals surface area contributed by atoms with Gasteiger partial charge in [-0.2, -0.15) is 0 Å². The molecule has 2 atom stereocenters. The van der Waals surface area contributed by atoms with Gasteiger partial charge in [-0.1, -0.05) is 6.92 Å². The van der Waals surface area contributed by atoms with Crippen LogP contribution in [0.25, 0.3) is 0 Å². The van der Waals surface area contributed by atoms with Crippen molar-refractivity contribution in [2.24, 2.45) is 5.92 Å². The summed E-state index contributed by atoms with van der Waals surface area (Å²) in [6.45, 7) is 3.46. The van der Waals surface area contributed by atoms with Gasteiger partial charge < -0.3 is 5.11 Å². The zero-order valence-corrected chi connectivity index (χ0v) is 11.5. The Morgan fingerprint density at radius 1 is 1.21 bits per heavy atom. The Hall–Kier alpha value is -1.05. The summed E-state index contributed by atoms with van der Waals surface area (Å²) in [4.78, 5) is -0.450. The van der Waals surface area contributed by atoms with E-state index in [1.165, 1.54) is 0 Å². The molecule has 1 aromatic rings. The first-order valence-corrected chi connectivity index (χ1v) is 7.33. The summed E-state index contributed by atoms with van der Waals surface area (Å²) in [5.74, 6) is -1.98. The Kier molecular flexibility index (Phi) is 5.39. The van der Waals surface area contributed by atoms with Gasteiger partial charge in [-0.3, -0.25) is 0 Å². The average Bonchev–Trinajstić information content (AvgIpc) is 2.24. The number of aliphatic hydroxyl groups excluding tert-OH is 1. The molecule has 1 rings (SSSR count). The van der Waals surface area contributed by atoms with E-state index in [0.29, 0.717) is 12.5 Å². The zero-order chi connectivity index (χ0) is 14.6. The maximum atomic E-state index is 13.0. The monoisotopic (exact) mass is 293 g/mol. The number of benzene rings is 1. The lowest BCUT2D eigenvalue weighted by Crippen LogP contribution is -2.29. The molecule has 0 heterocycles. The van der Waals surface area contributed by atoms with Crippen molar-refractivity contribution >= 4 is 10.0 Å². The van der Waals surface area contributed by atoms with Gasteiger partial charge in [0.15, 0.2) is 0 Å². The third-order valence-electron chi connectivity index (χ3n) is 2.51. The quantitative estimate of drug-likeness (QED) is 0.838. The van der Waals surface area contributed by atoms with Crippen molar-refractivity contribution < 1.29 is 22.3 Å². The third kappa shape index (κ3) is 5.22. The van der Waals surface area contributed by atoms with Gasteiger partial charge in [-0.15, -0.1) is 0 Å². The average molecular weight is 293 g/mol. The van der Waals surface area contributed by atoms with Crippen molar-refractivity contribution in [1.29, 1.82) is 0 Å². The first-order valence-electron chi connectivity index (χ1n) is 5.84. The molecule has 1 aromatic carbocycles. The van der Waals surface area contributed by atoms with Crippen LogP contribution in [0, 0.1) is 17.6 Å². The lowest BCUT2D eigenvalue weighted by atomic mass is 10.1. The highest BCUT2D eigenvalue weighted by Crippen LogP contribution is 2.14. The van der Waals surface area contributed by atoms with Gasteiger partial charge in [0, 0.05) is 12.6 Å². The van der Waals surface area contributed by atoms with E-state index in [0.717, 1.165) is 12.1 Å². The van der Waals surface area contributed by atoms with Crippen LogP contribution in [-0.2, 0) is 10.0 Å². The Morgan fingerprint density at radius 3 is 2.21 bits per heavy atom. The van der Waals surface area contributed by atoms with Crippen LogP contribution in [0.2, 0.25) is 0 Å². The molecule has 0 saturated heterocycles. The fraction of sp³-hybridized carbons (Fsp3) is 0.500. The number of hydrogen-bond acceptors (Lipinski definition) is 3. The summed E-state index contributed by atoms with van der Waals surface area (Å²) in [5.41, 5.74) is 0. The second kappa shape index (κ2) is 6.40. The zero-order valence-electron chi connectivity index (χ0n) is 10.7. The van der Waals surface area contributed by atoms with Crippen LogP contribution in [0.1, 0.15) is 20.3 Å². The molecular weight excluding hydrogens is 276 g/mol. The fourth-order valence-corrected chi connectivity index (χ4v) is 2.89. The maximum Gasteiger partial charge on any atom is 0.240 e. The molecule has 19 heavy (non-hydrogen) atoms. The number of nitrogens with one attached hydrogen (secondary N) is 1. The highest BCUT2D eigenvalue weighted by Gasteiger charge is 2.17. The molecule has 0 bridgehead atoms. The molecule has 0 aliphatic rings. The summed E-state index contributed by atoms with van der Waals surface area (Å²) in [6, 6.07) is 2.12. The molecule has 0 saturated carbocycles. The van der Waals surface area contributed by atoms with Crippen LogP contribution < -0.4 is 4.72 Å². The summed E-state index contributed by atoms with van der Waals surface area (Å²) >= 11 is 0. The Balaban J connectivity index is 2.76. The normalized spacial score (nSPS) is 15.2. The van der Waals surface area contributed by atoms with Crippen molar-refractivity contribution in [3.8, 4) is 0 Å². The lowest BCUT2D eigenvalue weighted by molar-refractivity contribution is 0.165. The van der Waals surface area contributed by atoms with Gasteiger partial charge in [-0.25, -0.2) is 21.9 Å². The maximum absolute atomic E-state index is 13.0. The molecule has 4 nitrogen and oxygen atoms in total. The molecule has 2 unspecified atom stereocenters. The first-order chi connectivity index (χ1) is 8.70. The molecule has 0 aromatic heterocycles. The van der Waals surface area contributed by atoms with E-state index in [2.05, 4.69) is 4.72 Å². The Bertz CT molecular complexity index is 512. The Morgan fingerprint density at radius 2 is 1.74 bits per heavy atom. The predicted molar refractivity (Wildman–Crippen MR) is 67.0 cm³/mol. The molecule has 0 aliphatic carbocycles. The van der Waals surface area contributed by atoms with Crippen LogP contribution in [0.4, 0.5) is 8.78 Å². The van der Waals surface area contributed by atoms with Crippen LogP contribution >= 0.6 is 0 Å². The molecule has 0 amide bonds. The van der Waals surface area contributed by atoms with Gasteiger partial charge >= 0.3 is 0 Å². The molecule has 0 fully saturated rings. The summed E-state index contributed by atoms with van der Waals surface area (Å²) in [6.07, 6.45) is -0.105. The number of halogens is 2. The van der Waals surface area contributed by atoms with Crippen molar-refractivity contribution in [2.75, 3.05) is 6.54 Å². The summed E-state index contributed by atoms with van der Waals surface area (Å²) in [5, 5.41) is 9.17. The van der Waals surface area contributed by atoms with E-state index >= 15 is 0 Å². The minimum Gasteiger partial charge on any atom is -0.393 e. The van der Waals surface area contributed by atoms with E-state index in [-0.39, 0.29) is 12.5 Å². The molecule has 108 valence electrons. The molecular formula is C12H17F2NO3S. The number of hydrogen-bond donors (Lipinski definition) is 2. The number of aliphatic hydroxyl groups is 1. The smallest absolute Gasteiger partial charge is 0.240 e. The van der Waals surface area contributed by atoms with E-state index in [1.54, 1.807) is 13.8 Å². The second-order valence-corrected chi connectivity index (χ2v) is 6.41. The minimum atomic E-state index is -3.95. The van der Waals surface area contributed by atoms with E-state index < -0.39 is 32.7 Å². The highest BCUT2D eigenvalue weighted by atomic mass is 32.2. The molecule has 0 aliphatic heterocycles. The number of rotatable bonds is 6. The van der Waals surface area contributed by atoms with E-state index in [1.807, 2.05) is 0 Å². The van der Waals surface area contributed by atoms with Gasteiger partial charge in [-0.05, 0) is 31.4 Å². The SMILES string of the molecule is CC(O)CC(C)CNS(=O)(=O)c1cc(F)cc(F)c1. The Labute approximate surface area is 111 Å². The van der Waals surface area contributed by atoms with E-state index in [9.17, 15) is 17.2 Å². The van der Waals surface area contributed by atoms with Crippen LogP contribution in [0.5, 0.6) is 0 Å².